The van der Waals surface area contributed by atoms with Crippen LogP contribution >= 0.6 is 11.6 Å². The van der Waals surface area contributed by atoms with Crippen LogP contribution in [0.2, 0.25) is 5.02 Å². The Morgan fingerprint density at radius 3 is 2.61 bits per heavy atom. The number of methoxy groups -OCH3 is 1. The number of ether oxygens (including phenoxy) is 1. The van der Waals surface area contributed by atoms with Gasteiger partial charge in [0.2, 0.25) is 0 Å². The molecular weight excluding hydrogens is 250 g/mol. The molecule has 4 heteroatoms. The molecule has 1 N–H and O–H groups in total. The molecule has 3 nitrogen and oxygen atoms in total. The maximum atomic E-state index is 9.65. The highest BCUT2D eigenvalue weighted by Gasteiger charge is 2.23. The Bertz CT molecular complexity index is 391. The van der Waals surface area contributed by atoms with Crippen LogP contribution in [0.1, 0.15) is 30.9 Å². The van der Waals surface area contributed by atoms with Gasteiger partial charge in [-0.05, 0) is 43.6 Å². The molecule has 0 saturated carbocycles. The fraction of sp³-hybridized carbons (Fsp3) is 0.571. The first kappa shape index (κ1) is 13.7. The zero-order valence-electron chi connectivity index (χ0n) is 10.7. The van der Waals surface area contributed by atoms with Crippen molar-refractivity contribution in [3.8, 4) is 5.75 Å². The van der Waals surface area contributed by atoms with Crippen LogP contribution in [0.15, 0.2) is 18.2 Å². The molecule has 0 radical (unpaired) electrons. The van der Waals surface area contributed by atoms with Gasteiger partial charge in [-0.2, -0.15) is 0 Å². The minimum absolute atomic E-state index is 0.00343. The molecule has 0 amide bonds. The van der Waals surface area contributed by atoms with Crippen molar-refractivity contribution in [2.75, 3.05) is 26.8 Å². The van der Waals surface area contributed by atoms with E-state index < -0.39 is 0 Å². The lowest BCUT2D eigenvalue weighted by Crippen LogP contribution is -2.35. The first-order valence-corrected chi connectivity index (χ1v) is 6.82. The molecule has 1 aliphatic rings. The van der Waals surface area contributed by atoms with Gasteiger partial charge in [0.15, 0.2) is 0 Å². The van der Waals surface area contributed by atoms with Crippen molar-refractivity contribution in [3.63, 3.8) is 0 Å². The van der Waals surface area contributed by atoms with Crippen molar-refractivity contribution in [2.24, 2.45) is 0 Å². The predicted octanol–water partition coefficient (Wildman–Crippen LogP) is 2.87. The van der Waals surface area contributed by atoms with Crippen LogP contribution in [0.4, 0.5) is 0 Å². The van der Waals surface area contributed by atoms with E-state index in [0.29, 0.717) is 5.02 Å². The van der Waals surface area contributed by atoms with E-state index in [1.165, 1.54) is 19.3 Å². The van der Waals surface area contributed by atoms with Crippen LogP contribution in [0, 0.1) is 0 Å². The highest BCUT2D eigenvalue weighted by atomic mass is 35.5. The third kappa shape index (κ3) is 2.97. The molecule has 1 aromatic rings. The zero-order chi connectivity index (χ0) is 13.0. The van der Waals surface area contributed by atoms with Crippen LogP contribution in [0.3, 0.4) is 0 Å². The van der Waals surface area contributed by atoms with Crippen molar-refractivity contribution in [1.29, 1.82) is 0 Å². The van der Waals surface area contributed by atoms with Crippen LogP contribution in [0.5, 0.6) is 5.75 Å². The summed E-state index contributed by atoms with van der Waals surface area (Å²) in [4.78, 5) is 2.32. The fourth-order valence-corrected chi connectivity index (χ4v) is 2.84. The number of hydrogen-bond acceptors (Lipinski definition) is 3. The molecular formula is C14H20ClNO2. The number of hydrogen-bond donors (Lipinski definition) is 1. The summed E-state index contributed by atoms with van der Waals surface area (Å²) >= 11 is 6.28. The molecule has 100 valence electrons. The van der Waals surface area contributed by atoms with Gasteiger partial charge in [-0.15, -0.1) is 0 Å². The third-order valence-corrected chi connectivity index (χ3v) is 3.90. The van der Waals surface area contributed by atoms with E-state index in [4.69, 9.17) is 16.3 Å². The Hall–Kier alpha value is -0.770. The first-order valence-electron chi connectivity index (χ1n) is 6.44. The monoisotopic (exact) mass is 269 g/mol. The number of benzene rings is 1. The molecule has 1 fully saturated rings. The molecule has 1 aliphatic heterocycles. The van der Waals surface area contributed by atoms with Crippen LogP contribution in [0.25, 0.3) is 0 Å². The molecule has 1 aromatic carbocycles. The second-order valence-electron chi connectivity index (χ2n) is 4.68. The molecule has 1 atom stereocenters. The van der Waals surface area contributed by atoms with Gasteiger partial charge < -0.3 is 9.84 Å². The number of piperidine rings is 1. The van der Waals surface area contributed by atoms with E-state index >= 15 is 0 Å². The predicted molar refractivity (Wildman–Crippen MR) is 73.3 cm³/mol. The second kappa shape index (κ2) is 6.41. The van der Waals surface area contributed by atoms with Crippen LogP contribution in [-0.4, -0.2) is 36.8 Å². The maximum absolute atomic E-state index is 9.65. The summed E-state index contributed by atoms with van der Waals surface area (Å²) in [5, 5.41) is 10.3. The zero-order valence-corrected chi connectivity index (χ0v) is 11.5. The fourth-order valence-electron chi connectivity index (χ4n) is 2.55. The summed E-state index contributed by atoms with van der Waals surface area (Å²) in [6.45, 7) is 2.17. The standard InChI is InChI=1S/C14H20ClNO2/c1-18-11-5-6-12(13(15)9-11)14(10-17)16-7-3-2-4-8-16/h5-6,9,14,17H,2-4,7-8,10H2,1H3. The summed E-state index contributed by atoms with van der Waals surface area (Å²) < 4.78 is 5.15. The van der Waals surface area contributed by atoms with Gasteiger partial charge >= 0.3 is 0 Å². The van der Waals surface area contributed by atoms with E-state index in [9.17, 15) is 5.11 Å². The summed E-state index contributed by atoms with van der Waals surface area (Å²) in [6.07, 6.45) is 3.68. The van der Waals surface area contributed by atoms with Gasteiger partial charge in [-0.1, -0.05) is 24.1 Å². The minimum atomic E-state index is 0.00343. The van der Waals surface area contributed by atoms with Crippen LogP contribution < -0.4 is 4.74 Å². The van der Waals surface area contributed by atoms with E-state index in [1.54, 1.807) is 7.11 Å². The van der Waals surface area contributed by atoms with E-state index in [1.807, 2.05) is 18.2 Å². The lowest BCUT2D eigenvalue weighted by atomic mass is 10.0. The van der Waals surface area contributed by atoms with E-state index in [0.717, 1.165) is 24.4 Å². The smallest absolute Gasteiger partial charge is 0.120 e. The molecule has 0 aromatic heterocycles. The summed E-state index contributed by atoms with van der Waals surface area (Å²) in [6, 6.07) is 5.66. The largest absolute Gasteiger partial charge is 0.497 e. The molecule has 1 heterocycles. The van der Waals surface area contributed by atoms with Crippen molar-refractivity contribution < 1.29 is 9.84 Å². The van der Waals surface area contributed by atoms with Gasteiger partial charge in [0.1, 0.15) is 5.75 Å². The summed E-state index contributed by atoms with van der Waals surface area (Å²) in [5.74, 6) is 0.749. The lowest BCUT2D eigenvalue weighted by molar-refractivity contribution is 0.104. The normalized spacial score (nSPS) is 18.6. The quantitative estimate of drug-likeness (QED) is 0.912. The number of aliphatic hydroxyl groups excluding tert-OH is 1. The minimum Gasteiger partial charge on any atom is -0.497 e. The molecule has 18 heavy (non-hydrogen) atoms. The Morgan fingerprint density at radius 2 is 2.06 bits per heavy atom. The molecule has 0 spiro atoms. The Morgan fingerprint density at radius 1 is 1.33 bits per heavy atom. The number of halogens is 1. The molecule has 1 saturated heterocycles. The van der Waals surface area contributed by atoms with Gasteiger partial charge in [0, 0.05) is 5.02 Å². The van der Waals surface area contributed by atoms with Crippen molar-refractivity contribution in [1.82, 2.24) is 4.90 Å². The topological polar surface area (TPSA) is 32.7 Å². The Kier molecular flexibility index (Phi) is 4.87. The lowest BCUT2D eigenvalue weighted by Gasteiger charge is -2.34. The number of nitrogens with zero attached hydrogens (tertiary/aromatic N) is 1. The molecule has 1 unspecified atom stereocenters. The molecule has 0 bridgehead atoms. The Labute approximate surface area is 113 Å². The molecule has 2 rings (SSSR count). The second-order valence-corrected chi connectivity index (χ2v) is 5.09. The van der Waals surface area contributed by atoms with Crippen molar-refractivity contribution in [3.05, 3.63) is 28.8 Å². The summed E-state index contributed by atoms with van der Waals surface area (Å²) in [7, 11) is 1.62. The third-order valence-electron chi connectivity index (χ3n) is 3.57. The van der Waals surface area contributed by atoms with Gasteiger partial charge in [0.25, 0.3) is 0 Å². The number of rotatable bonds is 4. The average Bonchev–Trinajstić information content (AvgIpc) is 2.42. The summed E-state index contributed by atoms with van der Waals surface area (Å²) in [5.41, 5.74) is 0.988. The SMILES string of the molecule is COc1ccc(C(CO)N2CCCCC2)c(Cl)c1. The van der Waals surface area contributed by atoms with Gasteiger partial charge in [-0.3, -0.25) is 4.90 Å². The van der Waals surface area contributed by atoms with Crippen molar-refractivity contribution in [2.45, 2.75) is 25.3 Å². The van der Waals surface area contributed by atoms with E-state index in [2.05, 4.69) is 4.90 Å². The maximum Gasteiger partial charge on any atom is 0.120 e. The molecule has 0 aliphatic carbocycles. The average molecular weight is 270 g/mol. The van der Waals surface area contributed by atoms with Gasteiger partial charge in [0.05, 0.1) is 19.8 Å². The highest BCUT2D eigenvalue weighted by Crippen LogP contribution is 2.31. The van der Waals surface area contributed by atoms with Crippen molar-refractivity contribution >= 4 is 11.6 Å². The number of aliphatic hydroxyl groups is 1. The first-order chi connectivity index (χ1) is 8.76. The van der Waals surface area contributed by atoms with Gasteiger partial charge in [-0.25, -0.2) is 0 Å². The highest BCUT2D eigenvalue weighted by molar-refractivity contribution is 6.31. The van der Waals surface area contributed by atoms with E-state index in [-0.39, 0.29) is 12.6 Å². The van der Waals surface area contributed by atoms with Crippen LogP contribution in [-0.2, 0) is 0 Å². The number of likely N-dealkylation sites (tertiary alicyclic amines) is 1. The Balaban J connectivity index is 2.20.